The third kappa shape index (κ3) is 5.84. The second-order valence-electron chi connectivity index (χ2n) is 4.96. The Balaban J connectivity index is 2.00. The number of benzene rings is 2. The molecule has 0 unspecified atom stereocenters. The number of amides is 1. The van der Waals surface area contributed by atoms with Crippen LogP contribution in [0.3, 0.4) is 0 Å². The number of halogens is 2. The first kappa shape index (κ1) is 17.7. The summed E-state index contributed by atoms with van der Waals surface area (Å²) in [5.41, 5.74) is 1.77. The van der Waals surface area contributed by atoms with Crippen molar-refractivity contribution in [2.24, 2.45) is 5.14 Å². The highest BCUT2D eigenvalue weighted by Crippen LogP contribution is 2.21. The van der Waals surface area contributed by atoms with Crippen molar-refractivity contribution in [3.05, 3.63) is 63.6 Å². The van der Waals surface area contributed by atoms with Gasteiger partial charge in [0.2, 0.25) is 15.9 Å². The lowest BCUT2D eigenvalue weighted by molar-refractivity contribution is -0.115. The molecule has 0 spiro atoms. The lowest BCUT2D eigenvalue weighted by Crippen LogP contribution is -2.15. The Morgan fingerprint density at radius 2 is 1.74 bits per heavy atom. The van der Waals surface area contributed by atoms with Gasteiger partial charge in [-0.05, 0) is 35.4 Å². The summed E-state index contributed by atoms with van der Waals surface area (Å²) in [5.74, 6) is -0.491. The van der Waals surface area contributed by atoms with E-state index in [2.05, 4.69) is 5.32 Å². The van der Waals surface area contributed by atoms with Crippen molar-refractivity contribution in [3.8, 4) is 0 Å². The number of rotatable bonds is 5. The predicted octanol–water partition coefficient (Wildman–Crippen LogP) is 2.96. The lowest BCUT2D eigenvalue weighted by Gasteiger charge is -2.08. The van der Waals surface area contributed by atoms with Gasteiger partial charge < -0.3 is 5.32 Å². The van der Waals surface area contributed by atoms with Gasteiger partial charge in [-0.25, -0.2) is 13.6 Å². The zero-order valence-corrected chi connectivity index (χ0v) is 14.3. The summed E-state index contributed by atoms with van der Waals surface area (Å²) in [4.78, 5) is 12.0. The molecule has 0 saturated heterocycles. The fourth-order valence-electron chi connectivity index (χ4n) is 1.96. The fraction of sp³-hybridized carbons (Fsp3) is 0.133. The number of carbonyl (C=O) groups excluding carboxylic acids is 1. The van der Waals surface area contributed by atoms with Crippen LogP contribution in [-0.2, 0) is 27.0 Å². The third-order valence-electron chi connectivity index (χ3n) is 2.97. The minimum Gasteiger partial charge on any atom is -0.326 e. The quantitative estimate of drug-likeness (QED) is 0.845. The first-order valence-corrected chi connectivity index (χ1v) is 9.03. The second-order valence-corrected chi connectivity index (χ2v) is 7.42. The van der Waals surface area contributed by atoms with Crippen molar-refractivity contribution in [2.45, 2.75) is 12.2 Å². The highest BCUT2D eigenvalue weighted by molar-refractivity contribution is 7.88. The largest absolute Gasteiger partial charge is 0.326 e. The van der Waals surface area contributed by atoms with Gasteiger partial charge in [0.25, 0.3) is 0 Å². The van der Waals surface area contributed by atoms with Crippen molar-refractivity contribution in [2.75, 3.05) is 5.32 Å². The van der Waals surface area contributed by atoms with E-state index in [-0.39, 0.29) is 18.1 Å². The molecule has 0 aromatic heterocycles. The molecule has 0 aliphatic rings. The van der Waals surface area contributed by atoms with E-state index in [9.17, 15) is 13.2 Å². The van der Waals surface area contributed by atoms with Crippen LogP contribution in [0.25, 0.3) is 0 Å². The van der Waals surface area contributed by atoms with Gasteiger partial charge in [0.1, 0.15) is 0 Å². The van der Waals surface area contributed by atoms with Crippen molar-refractivity contribution >= 4 is 44.8 Å². The van der Waals surface area contributed by atoms with Gasteiger partial charge in [-0.3, -0.25) is 4.79 Å². The molecule has 2 aromatic carbocycles. The van der Waals surface area contributed by atoms with Crippen LogP contribution < -0.4 is 10.5 Å². The molecule has 0 saturated carbocycles. The van der Waals surface area contributed by atoms with Crippen molar-refractivity contribution in [1.29, 1.82) is 0 Å². The molecule has 3 N–H and O–H groups in total. The zero-order valence-electron chi connectivity index (χ0n) is 11.9. The minimum atomic E-state index is -3.57. The van der Waals surface area contributed by atoms with Crippen molar-refractivity contribution < 1.29 is 13.2 Å². The Kier molecular flexibility index (Phi) is 5.64. The number of primary sulfonamides is 1. The molecule has 0 aliphatic heterocycles. The average molecular weight is 373 g/mol. The number of carbonyl (C=O) groups is 1. The van der Waals surface area contributed by atoms with Crippen LogP contribution in [0.1, 0.15) is 11.1 Å². The molecule has 0 atom stereocenters. The molecule has 2 aromatic rings. The van der Waals surface area contributed by atoms with E-state index in [0.29, 0.717) is 26.9 Å². The Hall–Kier alpha value is -1.60. The summed E-state index contributed by atoms with van der Waals surface area (Å²) in [6.07, 6.45) is 0.106. The van der Waals surface area contributed by atoms with Gasteiger partial charge in [0.15, 0.2) is 0 Å². The number of nitrogens with one attached hydrogen (secondary N) is 1. The Labute approximate surface area is 144 Å². The number of anilines is 1. The minimum absolute atomic E-state index is 0.106. The van der Waals surface area contributed by atoms with Gasteiger partial charge in [-0.1, -0.05) is 41.4 Å². The molecule has 122 valence electrons. The number of sulfonamides is 1. The molecule has 0 fully saturated rings. The van der Waals surface area contributed by atoms with E-state index in [1.807, 2.05) is 0 Å². The lowest BCUT2D eigenvalue weighted by atomic mass is 10.1. The molecule has 0 heterocycles. The number of nitrogens with two attached hydrogens (primary N) is 1. The van der Waals surface area contributed by atoms with Crippen LogP contribution in [0.2, 0.25) is 10.0 Å². The van der Waals surface area contributed by atoms with E-state index in [0.717, 1.165) is 0 Å². The number of hydrogen-bond acceptors (Lipinski definition) is 3. The average Bonchev–Trinajstić information content (AvgIpc) is 2.42. The highest BCUT2D eigenvalue weighted by Gasteiger charge is 2.09. The Morgan fingerprint density at radius 3 is 2.30 bits per heavy atom. The predicted molar refractivity (Wildman–Crippen MR) is 92.0 cm³/mol. The third-order valence-corrected chi connectivity index (χ3v) is 4.29. The molecule has 0 bridgehead atoms. The van der Waals surface area contributed by atoms with E-state index < -0.39 is 10.0 Å². The van der Waals surface area contributed by atoms with E-state index in [1.54, 1.807) is 42.5 Å². The summed E-state index contributed by atoms with van der Waals surface area (Å²) in [6.45, 7) is 0. The molecule has 1 amide bonds. The summed E-state index contributed by atoms with van der Waals surface area (Å²) in [7, 11) is -3.57. The normalized spacial score (nSPS) is 11.3. The van der Waals surface area contributed by atoms with Crippen LogP contribution in [0.5, 0.6) is 0 Å². The van der Waals surface area contributed by atoms with Crippen LogP contribution >= 0.6 is 23.2 Å². The van der Waals surface area contributed by atoms with E-state index in [4.69, 9.17) is 28.3 Å². The van der Waals surface area contributed by atoms with Gasteiger partial charge in [-0.2, -0.15) is 0 Å². The molecular weight excluding hydrogens is 359 g/mol. The van der Waals surface area contributed by atoms with E-state index in [1.165, 1.54) is 0 Å². The molecule has 5 nitrogen and oxygen atoms in total. The molecule has 2 rings (SSSR count). The maximum Gasteiger partial charge on any atom is 0.228 e. The molecular formula is C15H14Cl2N2O3S. The molecule has 0 radical (unpaired) electrons. The zero-order chi connectivity index (χ0) is 17.0. The van der Waals surface area contributed by atoms with Gasteiger partial charge in [0.05, 0.1) is 12.2 Å². The second kappa shape index (κ2) is 7.31. The van der Waals surface area contributed by atoms with Crippen molar-refractivity contribution in [3.63, 3.8) is 0 Å². The van der Waals surface area contributed by atoms with Gasteiger partial charge >= 0.3 is 0 Å². The smallest absolute Gasteiger partial charge is 0.228 e. The van der Waals surface area contributed by atoms with Crippen LogP contribution in [0.15, 0.2) is 42.5 Å². The first-order chi connectivity index (χ1) is 10.7. The standard InChI is InChI=1S/C15H14Cl2N2O3S/c16-12-4-3-11(14(17)8-12)7-15(20)19-13-5-1-10(2-6-13)9-23(18,21)22/h1-6,8H,7,9H2,(H,19,20)(H2,18,21,22). The van der Waals surface area contributed by atoms with Gasteiger partial charge in [-0.15, -0.1) is 0 Å². The van der Waals surface area contributed by atoms with Crippen LogP contribution in [0.4, 0.5) is 5.69 Å². The van der Waals surface area contributed by atoms with E-state index >= 15 is 0 Å². The summed E-state index contributed by atoms with van der Waals surface area (Å²) in [5, 5.41) is 8.62. The van der Waals surface area contributed by atoms with Crippen molar-refractivity contribution in [1.82, 2.24) is 0 Å². The monoisotopic (exact) mass is 372 g/mol. The summed E-state index contributed by atoms with van der Waals surface area (Å²) >= 11 is 11.8. The summed E-state index contributed by atoms with van der Waals surface area (Å²) in [6, 6.07) is 11.3. The summed E-state index contributed by atoms with van der Waals surface area (Å²) < 4.78 is 22.0. The maximum atomic E-state index is 12.0. The highest BCUT2D eigenvalue weighted by atomic mass is 35.5. The fourth-order valence-corrected chi connectivity index (χ4v) is 3.09. The number of hydrogen-bond donors (Lipinski definition) is 2. The maximum absolute atomic E-state index is 12.0. The molecule has 23 heavy (non-hydrogen) atoms. The van der Waals surface area contributed by atoms with Gasteiger partial charge in [0, 0.05) is 15.7 Å². The Morgan fingerprint density at radius 1 is 1.09 bits per heavy atom. The van der Waals surface area contributed by atoms with Crippen LogP contribution in [0, 0.1) is 0 Å². The van der Waals surface area contributed by atoms with Crippen LogP contribution in [-0.4, -0.2) is 14.3 Å². The molecule has 0 aliphatic carbocycles. The molecule has 8 heteroatoms. The first-order valence-electron chi connectivity index (χ1n) is 6.56. The Bertz CT molecular complexity index is 821. The topological polar surface area (TPSA) is 89.3 Å². The SMILES string of the molecule is NS(=O)(=O)Cc1ccc(NC(=O)Cc2ccc(Cl)cc2Cl)cc1.